The molecule has 0 saturated carbocycles. The maximum Gasteiger partial charge on any atom is 0.238 e. The third-order valence-corrected chi connectivity index (χ3v) is 3.74. The lowest BCUT2D eigenvalue weighted by atomic mass is 10.1. The number of nitrogens with one attached hydrogen (secondary N) is 1. The van der Waals surface area contributed by atoms with Gasteiger partial charge in [-0.1, -0.05) is 12.1 Å². The molecule has 0 spiro atoms. The van der Waals surface area contributed by atoms with Crippen LogP contribution in [0.15, 0.2) is 29.2 Å². The number of amides is 1. The lowest BCUT2D eigenvalue weighted by molar-refractivity contribution is -0.118. The van der Waals surface area contributed by atoms with E-state index < -0.39 is 10.0 Å². The summed E-state index contributed by atoms with van der Waals surface area (Å²) in [7, 11) is -3.63. The van der Waals surface area contributed by atoms with Gasteiger partial charge in [0.2, 0.25) is 15.9 Å². The van der Waals surface area contributed by atoms with Gasteiger partial charge in [0.05, 0.1) is 10.6 Å². The molecule has 1 aromatic carbocycles. The zero-order valence-electron chi connectivity index (χ0n) is 10.0. The SMILES string of the molecule is CSCC(=O)NCCc1ccc(S(N)(=O)=O)cc1. The second kappa shape index (κ2) is 6.77. The molecule has 0 atom stereocenters. The van der Waals surface area contributed by atoms with Crippen molar-refractivity contribution in [3.05, 3.63) is 29.8 Å². The Labute approximate surface area is 111 Å². The van der Waals surface area contributed by atoms with E-state index in [0.29, 0.717) is 18.7 Å². The van der Waals surface area contributed by atoms with Crippen molar-refractivity contribution in [2.24, 2.45) is 5.14 Å². The Morgan fingerprint density at radius 3 is 2.44 bits per heavy atom. The Kier molecular flexibility index (Phi) is 5.64. The molecule has 0 aliphatic heterocycles. The Balaban J connectivity index is 2.47. The van der Waals surface area contributed by atoms with E-state index in [1.165, 1.54) is 23.9 Å². The highest BCUT2D eigenvalue weighted by atomic mass is 32.2. The molecular formula is C11H16N2O3S2. The number of thioether (sulfide) groups is 1. The molecule has 0 aliphatic rings. The Morgan fingerprint density at radius 2 is 1.94 bits per heavy atom. The average molecular weight is 288 g/mol. The average Bonchev–Trinajstić information content (AvgIpc) is 2.29. The van der Waals surface area contributed by atoms with Gasteiger partial charge in [0.15, 0.2) is 0 Å². The number of rotatable bonds is 6. The molecule has 0 radical (unpaired) electrons. The predicted molar refractivity (Wildman–Crippen MR) is 72.9 cm³/mol. The van der Waals surface area contributed by atoms with E-state index >= 15 is 0 Å². The first-order chi connectivity index (χ1) is 8.43. The molecule has 18 heavy (non-hydrogen) atoms. The first kappa shape index (κ1) is 15.0. The highest BCUT2D eigenvalue weighted by molar-refractivity contribution is 7.99. The Bertz CT molecular complexity index is 498. The van der Waals surface area contributed by atoms with Crippen LogP contribution in [0.2, 0.25) is 0 Å². The van der Waals surface area contributed by atoms with Crippen LogP contribution >= 0.6 is 11.8 Å². The van der Waals surface area contributed by atoms with Crippen LogP contribution < -0.4 is 10.5 Å². The number of primary sulfonamides is 1. The Morgan fingerprint density at radius 1 is 1.33 bits per heavy atom. The summed E-state index contributed by atoms with van der Waals surface area (Å²) >= 11 is 1.47. The van der Waals surface area contributed by atoms with E-state index in [2.05, 4.69) is 5.32 Å². The van der Waals surface area contributed by atoms with Crippen molar-refractivity contribution in [3.8, 4) is 0 Å². The molecule has 0 fully saturated rings. The maximum absolute atomic E-state index is 11.2. The molecule has 0 heterocycles. The van der Waals surface area contributed by atoms with Crippen molar-refractivity contribution in [1.82, 2.24) is 5.32 Å². The Hall–Kier alpha value is -1.05. The summed E-state index contributed by atoms with van der Waals surface area (Å²) in [6.07, 6.45) is 2.52. The van der Waals surface area contributed by atoms with Crippen LogP contribution in [0, 0.1) is 0 Å². The number of carbonyl (C=O) groups is 1. The molecule has 1 amide bonds. The van der Waals surface area contributed by atoms with Crippen LogP contribution in [0.1, 0.15) is 5.56 Å². The molecule has 5 nitrogen and oxygen atoms in total. The van der Waals surface area contributed by atoms with Crippen molar-refractivity contribution in [2.45, 2.75) is 11.3 Å². The second-order valence-corrected chi connectivity index (χ2v) is 6.15. The highest BCUT2D eigenvalue weighted by Crippen LogP contribution is 2.08. The smallest absolute Gasteiger partial charge is 0.238 e. The standard InChI is InChI=1S/C11H16N2O3S2/c1-17-8-11(14)13-7-6-9-2-4-10(5-3-9)18(12,15)16/h2-5H,6-8H2,1H3,(H,13,14)(H2,12,15,16). The van der Waals surface area contributed by atoms with Gasteiger partial charge in [-0.2, -0.15) is 11.8 Å². The first-order valence-electron chi connectivity index (χ1n) is 5.31. The molecule has 0 saturated heterocycles. The minimum Gasteiger partial charge on any atom is -0.355 e. The van der Waals surface area contributed by atoms with Gasteiger partial charge < -0.3 is 5.32 Å². The molecule has 1 rings (SSSR count). The lowest BCUT2D eigenvalue weighted by Gasteiger charge is -2.05. The highest BCUT2D eigenvalue weighted by Gasteiger charge is 2.06. The number of benzene rings is 1. The van der Waals surface area contributed by atoms with E-state index in [4.69, 9.17) is 5.14 Å². The quantitative estimate of drug-likeness (QED) is 0.790. The topological polar surface area (TPSA) is 89.3 Å². The molecule has 100 valence electrons. The third kappa shape index (κ3) is 5.07. The minimum atomic E-state index is -3.63. The van der Waals surface area contributed by atoms with Crippen LogP contribution in [0.25, 0.3) is 0 Å². The van der Waals surface area contributed by atoms with Crippen molar-refractivity contribution in [2.75, 3.05) is 18.6 Å². The van der Waals surface area contributed by atoms with Crippen LogP contribution in [0.5, 0.6) is 0 Å². The first-order valence-corrected chi connectivity index (χ1v) is 8.25. The molecule has 0 aliphatic carbocycles. The summed E-state index contributed by atoms with van der Waals surface area (Å²) < 4.78 is 22.1. The largest absolute Gasteiger partial charge is 0.355 e. The van der Waals surface area contributed by atoms with E-state index in [-0.39, 0.29) is 10.8 Å². The normalized spacial score (nSPS) is 11.2. The summed E-state index contributed by atoms with van der Waals surface area (Å²) in [5.74, 6) is 0.452. The number of sulfonamides is 1. The fraction of sp³-hybridized carbons (Fsp3) is 0.364. The summed E-state index contributed by atoms with van der Waals surface area (Å²) in [6.45, 7) is 0.536. The summed E-state index contributed by atoms with van der Waals surface area (Å²) in [5, 5.41) is 7.77. The van der Waals surface area contributed by atoms with Crippen LogP contribution in [0.4, 0.5) is 0 Å². The maximum atomic E-state index is 11.2. The summed E-state index contributed by atoms with van der Waals surface area (Å²) in [6, 6.07) is 6.32. The number of hydrogen-bond donors (Lipinski definition) is 2. The lowest BCUT2D eigenvalue weighted by Crippen LogP contribution is -2.27. The monoisotopic (exact) mass is 288 g/mol. The van der Waals surface area contributed by atoms with Crippen molar-refractivity contribution < 1.29 is 13.2 Å². The van der Waals surface area contributed by atoms with Gasteiger partial charge in [0, 0.05) is 6.54 Å². The zero-order chi connectivity index (χ0) is 13.6. The van der Waals surface area contributed by atoms with Crippen LogP contribution in [0.3, 0.4) is 0 Å². The van der Waals surface area contributed by atoms with E-state index in [0.717, 1.165) is 5.56 Å². The summed E-state index contributed by atoms with van der Waals surface area (Å²) in [5.41, 5.74) is 0.951. The fourth-order valence-corrected chi connectivity index (χ4v) is 2.25. The molecule has 7 heteroatoms. The van der Waals surface area contributed by atoms with Gasteiger partial charge in [-0.15, -0.1) is 0 Å². The van der Waals surface area contributed by atoms with Crippen molar-refractivity contribution >= 4 is 27.7 Å². The fourth-order valence-electron chi connectivity index (χ4n) is 1.37. The number of hydrogen-bond acceptors (Lipinski definition) is 4. The van der Waals surface area contributed by atoms with Crippen LogP contribution in [-0.4, -0.2) is 32.9 Å². The second-order valence-electron chi connectivity index (χ2n) is 3.72. The molecule has 3 N–H and O–H groups in total. The van der Waals surface area contributed by atoms with Crippen molar-refractivity contribution in [1.29, 1.82) is 0 Å². The molecule has 1 aromatic rings. The van der Waals surface area contributed by atoms with Gasteiger partial charge >= 0.3 is 0 Å². The zero-order valence-corrected chi connectivity index (χ0v) is 11.7. The predicted octanol–water partition coefficient (Wildman–Crippen LogP) is 0.356. The van der Waals surface area contributed by atoms with Crippen molar-refractivity contribution in [3.63, 3.8) is 0 Å². The number of nitrogens with two attached hydrogens (primary N) is 1. The van der Waals surface area contributed by atoms with E-state index in [9.17, 15) is 13.2 Å². The molecule has 0 unspecified atom stereocenters. The number of carbonyl (C=O) groups excluding carboxylic acids is 1. The third-order valence-electron chi connectivity index (χ3n) is 2.26. The van der Waals surface area contributed by atoms with E-state index in [1.54, 1.807) is 12.1 Å². The molecule has 0 bridgehead atoms. The van der Waals surface area contributed by atoms with E-state index in [1.807, 2.05) is 6.26 Å². The summed E-state index contributed by atoms with van der Waals surface area (Å²) in [4.78, 5) is 11.3. The van der Waals surface area contributed by atoms with Gasteiger partial charge in [0.25, 0.3) is 0 Å². The van der Waals surface area contributed by atoms with Crippen LogP contribution in [-0.2, 0) is 21.2 Å². The minimum absolute atomic E-state index is 0.00339. The molecule has 0 aromatic heterocycles. The van der Waals surface area contributed by atoms with Gasteiger partial charge in [-0.25, -0.2) is 13.6 Å². The van der Waals surface area contributed by atoms with Gasteiger partial charge in [-0.3, -0.25) is 4.79 Å². The molecular weight excluding hydrogens is 272 g/mol. The van der Waals surface area contributed by atoms with Gasteiger partial charge in [-0.05, 0) is 30.4 Å². The van der Waals surface area contributed by atoms with Gasteiger partial charge in [0.1, 0.15) is 0 Å².